The van der Waals surface area contributed by atoms with Gasteiger partial charge in [-0.1, -0.05) is 18.2 Å². The van der Waals surface area contributed by atoms with Gasteiger partial charge in [0.25, 0.3) is 0 Å². The monoisotopic (exact) mass is 407 g/mol. The second kappa shape index (κ2) is 8.09. The van der Waals surface area contributed by atoms with E-state index in [1.165, 1.54) is 30.5 Å². The van der Waals surface area contributed by atoms with Crippen LogP contribution in [0.3, 0.4) is 0 Å². The van der Waals surface area contributed by atoms with Crippen molar-refractivity contribution in [1.82, 2.24) is 9.71 Å². The third-order valence-corrected chi connectivity index (χ3v) is 6.75. The van der Waals surface area contributed by atoms with Crippen molar-refractivity contribution in [2.45, 2.75) is 17.7 Å². The lowest BCUT2D eigenvalue weighted by Crippen LogP contribution is -2.18. The Bertz CT molecular complexity index is 978. The van der Waals surface area contributed by atoms with Gasteiger partial charge >= 0.3 is 0 Å². The molecule has 2 N–H and O–H groups in total. The number of carbonyl (C=O) groups excluding carboxylic acids is 1. The highest BCUT2D eigenvalue weighted by Gasteiger charge is 2.12. The lowest BCUT2D eigenvalue weighted by molar-refractivity contribution is -0.116. The van der Waals surface area contributed by atoms with Gasteiger partial charge in [0.15, 0.2) is 5.13 Å². The Balaban J connectivity index is 1.54. The van der Waals surface area contributed by atoms with E-state index in [4.69, 9.17) is 0 Å². The van der Waals surface area contributed by atoms with E-state index in [0.29, 0.717) is 18.0 Å². The Kier molecular flexibility index (Phi) is 5.82. The topological polar surface area (TPSA) is 88.2 Å². The van der Waals surface area contributed by atoms with Crippen molar-refractivity contribution in [3.05, 3.63) is 52.7 Å². The van der Waals surface area contributed by atoms with Crippen LogP contribution in [0.2, 0.25) is 0 Å². The molecular weight excluding hydrogens is 390 g/mol. The van der Waals surface area contributed by atoms with Crippen molar-refractivity contribution < 1.29 is 13.2 Å². The van der Waals surface area contributed by atoms with Gasteiger partial charge in [-0.3, -0.25) is 4.79 Å². The van der Waals surface area contributed by atoms with Gasteiger partial charge < -0.3 is 5.32 Å². The maximum absolute atomic E-state index is 12.1. The van der Waals surface area contributed by atoms with Gasteiger partial charge in [0.2, 0.25) is 15.9 Å². The molecule has 6 nitrogen and oxygen atoms in total. The summed E-state index contributed by atoms with van der Waals surface area (Å²) < 4.78 is 25.6. The largest absolute Gasteiger partial charge is 0.302 e. The van der Waals surface area contributed by atoms with Gasteiger partial charge in [-0.25, -0.2) is 18.1 Å². The van der Waals surface area contributed by atoms with E-state index in [-0.39, 0.29) is 10.8 Å². The van der Waals surface area contributed by atoms with Crippen LogP contribution in [0.1, 0.15) is 12.0 Å². The zero-order chi connectivity index (χ0) is 18.6. The highest BCUT2D eigenvalue weighted by molar-refractivity contribution is 7.89. The van der Waals surface area contributed by atoms with E-state index < -0.39 is 10.0 Å². The SMILES string of the molecule is CNS(=O)(=O)c1ccc(CCC(=O)Nc2nc(-c3cccs3)cs2)cc1. The lowest BCUT2D eigenvalue weighted by Gasteiger charge is -2.05. The maximum Gasteiger partial charge on any atom is 0.240 e. The van der Waals surface area contributed by atoms with Crippen LogP contribution >= 0.6 is 22.7 Å². The molecule has 26 heavy (non-hydrogen) atoms. The zero-order valence-corrected chi connectivity index (χ0v) is 16.4. The number of hydrogen-bond donors (Lipinski definition) is 2. The predicted molar refractivity (Wildman–Crippen MR) is 105 cm³/mol. The summed E-state index contributed by atoms with van der Waals surface area (Å²) >= 11 is 3.00. The predicted octanol–water partition coefficient (Wildman–Crippen LogP) is 3.35. The number of rotatable bonds is 7. The molecule has 0 spiro atoms. The quantitative estimate of drug-likeness (QED) is 0.629. The van der Waals surface area contributed by atoms with Gasteiger partial charge in [0.1, 0.15) is 0 Å². The van der Waals surface area contributed by atoms with Crippen molar-refractivity contribution in [3.63, 3.8) is 0 Å². The summed E-state index contributed by atoms with van der Waals surface area (Å²) in [6.07, 6.45) is 0.820. The molecule has 0 atom stereocenters. The average molecular weight is 408 g/mol. The Morgan fingerprint density at radius 2 is 1.92 bits per heavy atom. The van der Waals surface area contributed by atoms with Crippen LogP contribution in [-0.4, -0.2) is 26.4 Å². The minimum atomic E-state index is -3.44. The first-order valence-electron chi connectivity index (χ1n) is 7.80. The summed E-state index contributed by atoms with van der Waals surface area (Å²) in [7, 11) is -2.07. The fourth-order valence-electron chi connectivity index (χ4n) is 2.26. The van der Waals surface area contributed by atoms with Crippen molar-refractivity contribution in [3.8, 4) is 10.6 Å². The number of thiazole rings is 1. The molecule has 2 aromatic heterocycles. The Labute approximate surface area is 160 Å². The number of sulfonamides is 1. The number of nitrogens with one attached hydrogen (secondary N) is 2. The molecule has 1 amide bonds. The number of anilines is 1. The Morgan fingerprint density at radius 1 is 1.15 bits per heavy atom. The molecule has 1 aromatic carbocycles. The Morgan fingerprint density at radius 3 is 2.58 bits per heavy atom. The van der Waals surface area contributed by atoms with Crippen LogP contribution in [0.15, 0.2) is 52.1 Å². The van der Waals surface area contributed by atoms with Crippen molar-refractivity contribution in [1.29, 1.82) is 0 Å². The van der Waals surface area contributed by atoms with Crippen LogP contribution in [0.25, 0.3) is 10.6 Å². The molecule has 0 unspecified atom stereocenters. The normalized spacial score (nSPS) is 11.4. The van der Waals surface area contributed by atoms with E-state index >= 15 is 0 Å². The molecule has 136 valence electrons. The van der Waals surface area contributed by atoms with Crippen molar-refractivity contribution in [2.24, 2.45) is 0 Å². The minimum Gasteiger partial charge on any atom is -0.302 e. The van der Waals surface area contributed by atoms with Gasteiger partial charge in [0.05, 0.1) is 15.5 Å². The number of hydrogen-bond acceptors (Lipinski definition) is 6. The molecule has 0 saturated heterocycles. The molecule has 2 heterocycles. The number of amides is 1. The molecular formula is C17H17N3O3S3. The number of thiophene rings is 1. The molecule has 0 aliphatic carbocycles. The number of carbonyl (C=O) groups is 1. The fraction of sp³-hybridized carbons (Fsp3) is 0.176. The van der Waals surface area contributed by atoms with E-state index in [0.717, 1.165) is 16.1 Å². The minimum absolute atomic E-state index is 0.121. The number of aryl methyl sites for hydroxylation is 1. The van der Waals surface area contributed by atoms with Crippen molar-refractivity contribution in [2.75, 3.05) is 12.4 Å². The zero-order valence-electron chi connectivity index (χ0n) is 13.9. The van der Waals surface area contributed by atoms with Crippen LogP contribution in [0.4, 0.5) is 5.13 Å². The van der Waals surface area contributed by atoms with Crippen LogP contribution in [0.5, 0.6) is 0 Å². The van der Waals surface area contributed by atoms with E-state index in [9.17, 15) is 13.2 Å². The summed E-state index contributed by atoms with van der Waals surface area (Å²) in [6.45, 7) is 0. The smallest absolute Gasteiger partial charge is 0.240 e. The third kappa shape index (κ3) is 4.55. The van der Waals surface area contributed by atoms with Crippen LogP contribution in [0, 0.1) is 0 Å². The summed E-state index contributed by atoms with van der Waals surface area (Å²) in [4.78, 5) is 17.8. The molecule has 0 bridgehead atoms. The van der Waals surface area contributed by atoms with E-state index in [1.807, 2.05) is 22.9 Å². The molecule has 0 radical (unpaired) electrons. The number of aromatic nitrogens is 1. The molecule has 0 aliphatic rings. The molecule has 3 rings (SSSR count). The first-order valence-corrected chi connectivity index (χ1v) is 11.0. The number of nitrogens with zero attached hydrogens (tertiary/aromatic N) is 1. The summed E-state index contributed by atoms with van der Waals surface area (Å²) in [6, 6.07) is 10.5. The van der Waals surface area contributed by atoms with Gasteiger partial charge in [-0.2, -0.15) is 0 Å². The van der Waals surface area contributed by atoms with Crippen molar-refractivity contribution >= 4 is 43.7 Å². The van der Waals surface area contributed by atoms with Gasteiger partial charge in [0, 0.05) is 11.8 Å². The lowest BCUT2D eigenvalue weighted by atomic mass is 10.1. The Hall–Kier alpha value is -2.07. The van der Waals surface area contributed by atoms with Gasteiger partial charge in [-0.15, -0.1) is 22.7 Å². The van der Waals surface area contributed by atoms with E-state index in [1.54, 1.807) is 23.5 Å². The number of benzene rings is 1. The standard InChI is InChI=1S/C17H17N3O3S3/c1-18-26(22,23)13-7-4-12(5-8-13)6-9-16(21)20-17-19-14(11-25-17)15-3-2-10-24-15/h2-5,7-8,10-11,18H,6,9H2,1H3,(H,19,20,21). The molecule has 0 fully saturated rings. The second-order valence-electron chi connectivity index (χ2n) is 5.41. The van der Waals surface area contributed by atoms with Gasteiger partial charge in [-0.05, 0) is 42.6 Å². The maximum atomic E-state index is 12.1. The third-order valence-electron chi connectivity index (χ3n) is 3.67. The average Bonchev–Trinajstić information content (AvgIpc) is 3.32. The summed E-state index contributed by atoms with van der Waals surface area (Å²) in [5.74, 6) is -0.121. The highest BCUT2D eigenvalue weighted by atomic mass is 32.2. The molecule has 0 saturated carbocycles. The molecule has 3 aromatic rings. The second-order valence-corrected chi connectivity index (χ2v) is 9.11. The molecule has 9 heteroatoms. The van der Waals surface area contributed by atoms with Crippen LogP contribution < -0.4 is 10.0 Å². The highest BCUT2D eigenvalue weighted by Crippen LogP contribution is 2.28. The van der Waals surface area contributed by atoms with E-state index in [2.05, 4.69) is 15.0 Å². The van der Waals surface area contributed by atoms with Crippen LogP contribution in [-0.2, 0) is 21.2 Å². The summed E-state index contributed by atoms with van der Waals surface area (Å²) in [5, 5.41) is 7.29. The summed E-state index contributed by atoms with van der Waals surface area (Å²) in [5.41, 5.74) is 1.76. The fourth-order valence-corrected chi connectivity index (χ4v) is 4.48. The first-order chi connectivity index (χ1) is 12.5. The molecule has 0 aliphatic heterocycles. The first kappa shape index (κ1) is 18.7.